The fraction of sp³-hybridized carbons (Fsp3) is 0.349. The van der Waals surface area contributed by atoms with Gasteiger partial charge >= 0.3 is 5.97 Å². The average Bonchev–Trinajstić information content (AvgIpc) is 3.63. The number of carbonyl (C=O) groups is 3. The molecule has 0 aliphatic heterocycles. The fourth-order valence-corrected chi connectivity index (χ4v) is 5.86. The molecule has 6 N–H and O–H groups in total. The van der Waals surface area contributed by atoms with Crippen molar-refractivity contribution in [3.8, 4) is 33.9 Å². The van der Waals surface area contributed by atoms with Crippen molar-refractivity contribution in [1.29, 1.82) is 0 Å². The molecule has 0 spiro atoms. The first-order valence-electron chi connectivity index (χ1n) is 18.6. The number of imidazole rings is 1. The Morgan fingerprint density at radius 1 is 0.698 bits per heavy atom. The number of aliphatic hydroxyl groups excluding tert-OH is 2. The molecule has 1 heterocycles. The number of aliphatic hydroxyl groups is 2. The molecular formula is C43H52N4O6. The number of aliphatic carboxylic acids is 1. The second-order valence-corrected chi connectivity index (χ2v) is 13.1. The Morgan fingerprint density at radius 3 is 1.79 bits per heavy atom. The van der Waals surface area contributed by atoms with E-state index in [1.54, 1.807) is 36.4 Å². The smallest absolute Gasteiger partial charge is 0.328 e. The third-order valence-electron chi connectivity index (χ3n) is 8.96. The first kappa shape index (κ1) is 40.5. The molecule has 0 aliphatic rings. The number of amides is 2. The highest BCUT2D eigenvalue weighted by Gasteiger charge is 2.17. The van der Waals surface area contributed by atoms with E-state index in [-0.39, 0.29) is 19.1 Å². The molecule has 0 aliphatic carbocycles. The summed E-state index contributed by atoms with van der Waals surface area (Å²) < 4.78 is 0. The number of carbonyl (C=O) groups excluding carboxylic acids is 2. The zero-order valence-electron chi connectivity index (χ0n) is 30.5. The molecule has 3 aromatic carbocycles. The highest BCUT2D eigenvalue weighted by molar-refractivity contribution is 5.95. The number of benzene rings is 3. The molecule has 53 heavy (non-hydrogen) atoms. The first-order chi connectivity index (χ1) is 25.8. The maximum Gasteiger partial charge on any atom is 0.328 e. The van der Waals surface area contributed by atoms with Crippen molar-refractivity contribution in [1.82, 2.24) is 20.6 Å². The van der Waals surface area contributed by atoms with Crippen LogP contribution < -0.4 is 10.6 Å². The molecule has 0 unspecified atom stereocenters. The van der Waals surface area contributed by atoms with Crippen molar-refractivity contribution in [2.24, 2.45) is 0 Å². The maximum atomic E-state index is 12.7. The first-order valence-corrected chi connectivity index (χ1v) is 18.6. The highest BCUT2D eigenvalue weighted by atomic mass is 16.4. The summed E-state index contributed by atoms with van der Waals surface area (Å²) in [5.41, 5.74) is 5.78. The Morgan fingerprint density at radius 2 is 1.23 bits per heavy atom. The van der Waals surface area contributed by atoms with Crippen LogP contribution in [0, 0.1) is 0 Å². The van der Waals surface area contributed by atoms with E-state index < -0.39 is 17.9 Å². The maximum absolute atomic E-state index is 12.7. The third-order valence-corrected chi connectivity index (χ3v) is 8.96. The number of hydrogen-bond donors (Lipinski definition) is 6. The third kappa shape index (κ3) is 13.3. The minimum absolute atomic E-state index is 0.115. The van der Waals surface area contributed by atoms with Crippen molar-refractivity contribution in [3.63, 3.8) is 0 Å². The van der Waals surface area contributed by atoms with E-state index in [0.717, 1.165) is 52.4 Å². The minimum atomic E-state index is -1.02. The molecule has 4 aromatic rings. The molecule has 2 amide bonds. The molecule has 0 atom stereocenters. The van der Waals surface area contributed by atoms with Crippen LogP contribution in [0.2, 0.25) is 0 Å². The Balaban J connectivity index is 1.43. The second-order valence-electron chi connectivity index (χ2n) is 13.1. The van der Waals surface area contributed by atoms with Crippen molar-refractivity contribution < 1.29 is 29.7 Å². The van der Waals surface area contributed by atoms with Crippen LogP contribution in [0.5, 0.6) is 0 Å². The van der Waals surface area contributed by atoms with Gasteiger partial charge < -0.3 is 30.9 Å². The predicted octanol–water partition coefficient (Wildman–Crippen LogP) is 7.64. The molecule has 0 fully saturated rings. The topological polar surface area (TPSA) is 165 Å². The monoisotopic (exact) mass is 720 g/mol. The van der Waals surface area contributed by atoms with Gasteiger partial charge in [-0.15, -0.1) is 0 Å². The van der Waals surface area contributed by atoms with E-state index in [9.17, 15) is 24.6 Å². The van der Waals surface area contributed by atoms with Gasteiger partial charge in [-0.25, -0.2) is 9.78 Å². The molecule has 10 heteroatoms. The summed E-state index contributed by atoms with van der Waals surface area (Å²) in [5, 5.41) is 33.2. The quantitative estimate of drug-likeness (QED) is 0.0359. The SMILES string of the molecule is CCCCCCCCCCCCNC(=O)/C=C/c1ccc(-c2[nH]c(-c3ccc(/C=C/C(=O)O)cc3)nc2-c2ccc(C(=O)NC(CO)CO)cc2)cc1. The Bertz CT molecular complexity index is 1790. The lowest BCUT2D eigenvalue weighted by atomic mass is 10.0. The van der Waals surface area contributed by atoms with E-state index in [4.69, 9.17) is 10.1 Å². The molecule has 0 bridgehead atoms. The van der Waals surface area contributed by atoms with Crippen molar-refractivity contribution in [2.75, 3.05) is 19.8 Å². The summed E-state index contributed by atoms with van der Waals surface area (Å²) in [4.78, 5) is 44.4. The predicted molar refractivity (Wildman–Crippen MR) is 211 cm³/mol. The Hall–Kier alpha value is -5.32. The van der Waals surface area contributed by atoms with Gasteiger partial charge in [0.15, 0.2) is 0 Å². The number of carboxylic acids is 1. The number of H-pyrrole nitrogens is 1. The summed E-state index contributed by atoms with van der Waals surface area (Å²) in [7, 11) is 0. The number of unbranched alkanes of at least 4 members (excludes halogenated alkanes) is 9. The van der Waals surface area contributed by atoms with Crippen LogP contribution in [0.25, 0.3) is 46.1 Å². The van der Waals surface area contributed by atoms with Crippen LogP contribution in [0.1, 0.15) is 92.6 Å². The van der Waals surface area contributed by atoms with E-state index in [1.807, 2.05) is 48.5 Å². The van der Waals surface area contributed by atoms with Gasteiger partial charge in [-0.05, 0) is 41.8 Å². The van der Waals surface area contributed by atoms with Gasteiger partial charge in [0.1, 0.15) is 5.82 Å². The second kappa shape index (κ2) is 21.9. The summed E-state index contributed by atoms with van der Waals surface area (Å²) in [6.07, 6.45) is 18.5. The lowest BCUT2D eigenvalue weighted by Gasteiger charge is -2.13. The molecule has 0 saturated carbocycles. The Labute approximate surface area is 312 Å². The van der Waals surface area contributed by atoms with Gasteiger partial charge in [0.2, 0.25) is 5.91 Å². The van der Waals surface area contributed by atoms with Gasteiger partial charge in [-0.3, -0.25) is 9.59 Å². The number of nitrogens with zero attached hydrogens (tertiary/aromatic N) is 1. The summed E-state index contributed by atoms with van der Waals surface area (Å²) >= 11 is 0. The zero-order valence-corrected chi connectivity index (χ0v) is 30.5. The minimum Gasteiger partial charge on any atom is -0.478 e. The number of nitrogens with one attached hydrogen (secondary N) is 3. The lowest BCUT2D eigenvalue weighted by molar-refractivity contribution is -0.131. The normalized spacial score (nSPS) is 11.5. The summed E-state index contributed by atoms with van der Waals surface area (Å²) in [5.74, 6) is -0.956. The van der Waals surface area contributed by atoms with E-state index in [2.05, 4.69) is 22.5 Å². The number of aromatic amines is 1. The number of carboxylic acid groups (broad SMARTS) is 1. The van der Waals surface area contributed by atoms with Crippen LogP contribution in [0.3, 0.4) is 0 Å². The fourth-order valence-electron chi connectivity index (χ4n) is 5.86. The van der Waals surface area contributed by atoms with Gasteiger partial charge in [-0.2, -0.15) is 0 Å². The molecular weight excluding hydrogens is 668 g/mol. The van der Waals surface area contributed by atoms with Gasteiger partial charge in [0.05, 0.1) is 30.6 Å². The average molecular weight is 721 g/mol. The van der Waals surface area contributed by atoms with Crippen LogP contribution in [-0.4, -0.2) is 68.9 Å². The lowest BCUT2D eigenvalue weighted by Crippen LogP contribution is -2.40. The van der Waals surface area contributed by atoms with Gasteiger partial charge in [0.25, 0.3) is 5.91 Å². The van der Waals surface area contributed by atoms with Crippen molar-refractivity contribution >= 4 is 29.9 Å². The molecule has 10 nitrogen and oxygen atoms in total. The van der Waals surface area contributed by atoms with E-state index in [0.29, 0.717) is 23.6 Å². The molecule has 4 rings (SSSR count). The van der Waals surface area contributed by atoms with E-state index >= 15 is 0 Å². The highest BCUT2D eigenvalue weighted by Crippen LogP contribution is 2.33. The number of hydrogen-bond acceptors (Lipinski definition) is 6. The standard InChI is InChI=1S/C43H52N4O6/c1-2-3-4-5-6-7-8-9-10-11-28-44-38(50)26-16-31-12-18-33(19-13-31)40-41(34-22-24-36(25-23-34)43(53)45-37(29-48)30-49)47-42(46-40)35-20-14-32(15-21-35)17-27-39(51)52/h12-27,37,48-49H,2-11,28-30H2,1H3,(H,44,50)(H,45,53)(H,46,47)(H,51,52)/b26-16+,27-17+. The van der Waals surface area contributed by atoms with Gasteiger partial charge in [0, 0.05) is 41.0 Å². The summed E-state index contributed by atoms with van der Waals surface area (Å²) in [6.45, 7) is 2.16. The van der Waals surface area contributed by atoms with Crippen molar-refractivity contribution in [3.05, 3.63) is 102 Å². The van der Waals surface area contributed by atoms with Crippen molar-refractivity contribution in [2.45, 2.75) is 77.2 Å². The molecule has 0 saturated heterocycles. The van der Waals surface area contributed by atoms with E-state index in [1.165, 1.54) is 57.4 Å². The van der Waals surface area contributed by atoms with Crippen LogP contribution >= 0.6 is 0 Å². The summed E-state index contributed by atoms with van der Waals surface area (Å²) in [6, 6.07) is 21.2. The van der Waals surface area contributed by atoms with Crippen LogP contribution in [-0.2, 0) is 9.59 Å². The number of aromatic nitrogens is 2. The van der Waals surface area contributed by atoms with Gasteiger partial charge in [-0.1, -0.05) is 125 Å². The van der Waals surface area contributed by atoms with Crippen LogP contribution in [0.15, 0.2) is 84.9 Å². The molecule has 1 aromatic heterocycles. The Kier molecular flexibility index (Phi) is 16.7. The number of rotatable bonds is 22. The zero-order chi connectivity index (χ0) is 37.8. The van der Waals surface area contributed by atoms with Crippen LogP contribution in [0.4, 0.5) is 0 Å². The molecule has 280 valence electrons. The largest absolute Gasteiger partial charge is 0.478 e. The molecule has 0 radical (unpaired) electrons.